The molecular formula is C11H25N3O3S. The van der Waals surface area contributed by atoms with E-state index in [0.717, 1.165) is 25.9 Å². The minimum Gasteiger partial charge on any atom is -0.383 e. The standard InChI is InChI=1S/C11H25N3O3S/c1-17-10-11(4-3-5-12)13-6-8-14(9-7-13)18(2,15)16/h11H,3-10,12H2,1-2H3. The fraction of sp³-hybridized carbons (Fsp3) is 1.00. The third-order valence-electron chi connectivity index (χ3n) is 3.36. The summed E-state index contributed by atoms with van der Waals surface area (Å²) in [6.07, 6.45) is 3.24. The van der Waals surface area contributed by atoms with Crippen molar-refractivity contribution in [1.82, 2.24) is 9.21 Å². The molecule has 1 fully saturated rings. The normalized spacial score (nSPS) is 21.1. The Morgan fingerprint density at radius 1 is 1.28 bits per heavy atom. The molecule has 0 radical (unpaired) electrons. The summed E-state index contributed by atoms with van der Waals surface area (Å²) in [5.74, 6) is 0. The molecule has 0 spiro atoms. The molecule has 108 valence electrons. The molecule has 18 heavy (non-hydrogen) atoms. The van der Waals surface area contributed by atoms with Gasteiger partial charge in [0.15, 0.2) is 0 Å². The van der Waals surface area contributed by atoms with Crippen molar-refractivity contribution in [3.63, 3.8) is 0 Å². The van der Waals surface area contributed by atoms with Crippen LogP contribution in [0.15, 0.2) is 0 Å². The summed E-state index contributed by atoms with van der Waals surface area (Å²) < 4.78 is 29.6. The number of hydrogen-bond donors (Lipinski definition) is 1. The Labute approximate surface area is 110 Å². The summed E-state index contributed by atoms with van der Waals surface area (Å²) in [6, 6.07) is 0.347. The first kappa shape index (κ1) is 15.8. The Morgan fingerprint density at radius 2 is 1.89 bits per heavy atom. The second kappa shape index (κ2) is 7.40. The van der Waals surface area contributed by atoms with Crippen LogP contribution in [0.25, 0.3) is 0 Å². The fourth-order valence-electron chi connectivity index (χ4n) is 2.32. The van der Waals surface area contributed by atoms with Gasteiger partial charge in [-0.05, 0) is 19.4 Å². The second-order valence-corrected chi connectivity index (χ2v) is 6.72. The lowest BCUT2D eigenvalue weighted by Crippen LogP contribution is -2.52. The molecule has 1 atom stereocenters. The number of hydrogen-bond acceptors (Lipinski definition) is 5. The highest BCUT2D eigenvalue weighted by molar-refractivity contribution is 7.88. The molecule has 7 heteroatoms. The largest absolute Gasteiger partial charge is 0.383 e. The lowest BCUT2D eigenvalue weighted by molar-refractivity contribution is 0.0627. The molecule has 6 nitrogen and oxygen atoms in total. The Morgan fingerprint density at radius 3 is 2.33 bits per heavy atom. The maximum Gasteiger partial charge on any atom is 0.211 e. The van der Waals surface area contributed by atoms with E-state index in [4.69, 9.17) is 10.5 Å². The molecule has 1 aliphatic heterocycles. The number of nitrogens with zero attached hydrogens (tertiary/aromatic N) is 2. The molecule has 1 unspecified atom stereocenters. The van der Waals surface area contributed by atoms with E-state index in [0.29, 0.717) is 32.3 Å². The van der Waals surface area contributed by atoms with Gasteiger partial charge >= 0.3 is 0 Å². The third-order valence-corrected chi connectivity index (χ3v) is 4.66. The first-order chi connectivity index (χ1) is 8.49. The Bertz CT molecular complexity index is 326. The topological polar surface area (TPSA) is 75.9 Å². The van der Waals surface area contributed by atoms with E-state index in [1.807, 2.05) is 0 Å². The number of piperazine rings is 1. The maximum absolute atomic E-state index is 11.4. The highest BCUT2D eigenvalue weighted by Crippen LogP contribution is 2.13. The van der Waals surface area contributed by atoms with E-state index in [-0.39, 0.29) is 0 Å². The van der Waals surface area contributed by atoms with Crippen molar-refractivity contribution in [3.05, 3.63) is 0 Å². The van der Waals surface area contributed by atoms with Crippen LogP contribution in [0.2, 0.25) is 0 Å². The summed E-state index contributed by atoms with van der Waals surface area (Å²) in [5.41, 5.74) is 5.53. The maximum atomic E-state index is 11.4. The van der Waals surface area contributed by atoms with E-state index < -0.39 is 10.0 Å². The fourth-order valence-corrected chi connectivity index (χ4v) is 3.14. The van der Waals surface area contributed by atoms with Gasteiger partial charge in [0.25, 0.3) is 0 Å². The van der Waals surface area contributed by atoms with Gasteiger partial charge in [0.2, 0.25) is 10.0 Å². The average molecular weight is 279 g/mol. The molecule has 0 aromatic heterocycles. The van der Waals surface area contributed by atoms with Crippen LogP contribution in [0.1, 0.15) is 12.8 Å². The average Bonchev–Trinajstić information content (AvgIpc) is 2.33. The molecule has 0 amide bonds. The minimum atomic E-state index is -3.05. The highest BCUT2D eigenvalue weighted by Gasteiger charge is 2.27. The predicted molar refractivity (Wildman–Crippen MR) is 71.9 cm³/mol. The van der Waals surface area contributed by atoms with E-state index in [9.17, 15) is 8.42 Å². The zero-order chi connectivity index (χ0) is 13.6. The van der Waals surface area contributed by atoms with E-state index in [1.54, 1.807) is 7.11 Å². The molecule has 0 saturated carbocycles. The zero-order valence-corrected chi connectivity index (χ0v) is 12.2. The summed E-state index contributed by atoms with van der Waals surface area (Å²) >= 11 is 0. The van der Waals surface area contributed by atoms with Crippen LogP contribution in [0.5, 0.6) is 0 Å². The van der Waals surface area contributed by atoms with Crippen LogP contribution in [-0.4, -0.2) is 76.4 Å². The lowest BCUT2D eigenvalue weighted by Gasteiger charge is -2.38. The molecule has 0 bridgehead atoms. The van der Waals surface area contributed by atoms with Crippen molar-refractivity contribution in [2.45, 2.75) is 18.9 Å². The monoisotopic (exact) mass is 279 g/mol. The predicted octanol–water partition coefficient (Wildman–Crippen LogP) is -0.682. The van der Waals surface area contributed by atoms with Crippen molar-refractivity contribution in [2.24, 2.45) is 5.73 Å². The molecule has 0 aromatic rings. The first-order valence-electron chi connectivity index (χ1n) is 6.37. The smallest absolute Gasteiger partial charge is 0.211 e. The van der Waals surface area contributed by atoms with Crippen molar-refractivity contribution in [2.75, 3.05) is 52.7 Å². The summed E-state index contributed by atoms with van der Waals surface area (Å²) in [4.78, 5) is 2.31. The number of rotatable bonds is 7. The van der Waals surface area contributed by atoms with E-state index >= 15 is 0 Å². The quantitative estimate of drug-likeness (QED) is 0.668. The summed E-state index contributed by atoms with van der Waals surface area (Å²) in [7, 11) is -1.35. The van der Waals surface area contributed by atoms with Gasteiger partial charge in [-0.15, -0.1) is 0 Å². The van der Waals surface area contributed by atoms with Gasteiger partial charge in [-0.3, -0.25) is 4.90 Å². The Hall–Kier alpha value is -0.210. The van der Waals surface area contributed by atoms with Crippen LogP contribution in [-0.2, 0) is 14.8 Å². The van der Waals surface area contributed by atoms with Gasteiger partial charge in [0.1, 0.15) is 0 Å². The number of sulfonamides is 1. The second-order valence-electron chi connectivity index (χ2n) is 4.74. The number of ether oxygens (including phenoxy) is 1. The van der Waals surface area contributed by atoms with Gasteiger partial charge < -0.3 is 10.5 Å². The van der Waals surface area contributed by atoms with Crippen LogP contribution >= 0.6 is 0 Å². The summed E-state index contributed by atoms with van der Waals surface area (Å²) in [5, 5.41) is 0. The first-order valence-corrected chi connectivity index (χ1v) is 8.22. The van der Waals surface area contributed by atoms with Crippen molar-refractivity contribution >= 4 is 10.0 Å². The molecule has 2 N–H and O–H groups in total. The van der Waals surface area contributed by atoms with Gasteiger partial charge in [-0.2, -0.15) is 4.31 Å². The number of methoxy groups -OCH3 is 1. The van der Waals surface area contributed by atoms with Gasteiger partial charge in [-0.1, -0.05) is 0 Å². The van der Waals surface area contributed by atoms with Crippen molar-refractivity contribution in [3.8, 4) is 0 Å². The van der Waals surface area contributed by atoms with E-state index in [1.165, 1.54) is 10.6 Å². The Balaban J connectivity index is 2.48. The third kappa shape index (κ3) is 4.81. The van der Waals surface area contributed by atoms with Gasteiger partial charge in [0.05, 0.1) is 12.9 Å². The van der Waals surface area contributed by atoms with Crippen LogP contribution in [0.3, 0.4) is 0 Å². The molecule has 1 aliphatic rings. The van der Waals surface area contributed by atoms with Gasteiger partial charge in [-0.25, -0.2) is 8.42 Å². The van der Waals surface area contributed by atoms with Crippen LogP contribution in [0.4, 0.5) is 0 Å². The molecule has 1 rings (SSSR count). The van der Waals surface area contributed by atoms with Crippen molar-refractivity contribution < 1.29 is 13.2 Å². The molecule has 1 heterocycles. The number of nitrogens with two attached hydrogens (primary N) is 1. The highest BCUT2D eigenvalue weighted by atomic mass is 32.2. The SMILES string of the molecule is COCC(CCCN)N1CCN(S(C)(=O)=O)CC1. The molecule has 0 aliphatic carbocycles. The van der Waals surface area contributed by atoms with E-state index in [2.05, 4.69) is 4.90 Å². The molecule has 0 aromatic carbocycles. The lowest BCUT2D eigenvalue weighted by atomic mass is 10.1. The summed E-state index contributed by atoms with van der Waals surface area (Å²) in [6.45, 7) is 4.04. The van der Waals surface area contributed by atoms with Crippen LogP contribution < -0.4 is 5.73 Å². The van der Waals surface area contributed by atoms with Crippen LogP contribution in [0, 0.1) is 0 Å². The van der Waals surface area contributed by atoms with Crippen molar-refractivity contribution in [1.29, 1.82) is 0 Å². The van der Waals surface area contributed by atoms with Gasteiger partial charge in [0, 0.05) is 39.3 Å². The molecular weight excluding hydrogens is 254 g/mol. The minimum absolute atomic E-state index is 0.347. The Kier molecular flexibility index (Phi) is 6.51. The zero-order valence-electron chi connectivity index (χ0n) is 11.3. The molecule has 1 saturated heterocycles.